The van der Waals surface area contributed by atoms with Crippen molar-refractivity contribution in [2.24, 2.45) is 0 Å². The van der Waals surface area contributed by atoms with Gasteiger partial charge in [-0.15, -0.1) is 0 Å². The number of benzene rings is 2. The van der Waals surface area contributed by atoms with Gasteiger partial charge in [0.15, 0.2) is 4.93 Å². The van der Waals surface area contributed by atoms with Gasteiger partial charge < -0.3 is 9.47 Å². The quantitative estimate of drug-likeness (QED) is 0.440. The summed E-state index contributed by atoms with van der Waals surface area (Å²) in [5, 5.41) is 0. The van der Waals surface area contributed by atoms with Gasteiger partial charge in [-0.3, -0.25) is 0 Å². The van der Waals surface area contributed by atoms with Gasteiger partial charge in [0.05, 0.1) is 14.6 Å². The van der Waals surface area contributed by atoms with Crippen molar-refractivity contribution < 1.29 is 9.47 Å². The molecule has 0 N–H and O–H groups in total. The molecule has 0 amide bonds. The van der Waals surface area contributed by atoms with Crippen molar-refractivity contribution in [1.82, 2.24) is 0 Å². The summed E-state index contributed by atoms with van der Waals surface area (Å²) < 4.78 is 15.1. The standard InChI is InChI=1S/C16H10I2O2S/c17-8-5-11(18)14-13(6-8)21-16(20-14)7-12-9-3-1-2-4-10(9)15(16)19-12/h1-6,12,15H,7H2. The third-order valence-corrected chi connectivity index (χ3v) is 7.08. The summed E-state index contributed by atoms with van der Waals surface area (Å²) in [5.41, 5.74) is 2.65. The minimum Gasteiger partial charge on any atom is -0.471 e. The average molecular weight is 520 g/mol. The molecule has 106 valence electrons. The minimum absolute atomic E-state index is 0.0459. The molecule has 0 radical (unpaired) electrons. The van der Waals surface area contributed by atoms with Crippen LogP contribution in [0.15, 0.2) is 41.3 Å². The maximum absolute atomic E-state index is 6.46. The average Bonchev–Trinajstić information content (AvgIpc) is 3.10. The Morgan fingerprint density at radius 1 is 1.14 bits per heavy atom. The number of ether oxygens (including phenoxy) is 2. The fraction of sp³-hybridized carbons (Fsp3) is 0.250. The summed E-state index contributed by atoms with van der Waals surface area (Å²) in [6, 6.07) is 12.9. The van der Waals surface area contributed by atoms with Crippen molar-refractivity contribution in [1.29, 1.82) is 0 Å². The van der Waals surface area contributed by atoms with Crippen LogP contribution < -0.4 is 4.74 Å². The molecule has 3 aliphatic rings. The Morgan fingerprint density at radius 2 is 1.95 bits per heavy atom. The zero-order chi connectivity index (χ0) is 14.2. The highest BCUT2D eigenvalue weighted by Crippen LogP contribution is 2.66. The summed E-state index contributed by atoms with van der Waals surface area (Å²) in [6.45, 7) is 0. The number of hydrogen-bond donors (Lipinski definition) is 0. The number of hydrogen-bond acceptors (Lipinski definition) is 3. The van der Waals surface area contributed by atoms with E-state index in [1.807, 2.05) is 11.8 Å². The predicted molar refractivity (Wildman–Crippen MR) is 98.7 cm³/mol. The normalized spacial score (nSPS) is 31.3. The molecule has 0 saturated carbocycles. The van der Waals surface area contributed by atoms with Gasteiger partial charge in [-0.2, -0.15) is 0 Å². The monoisotopic (exact) mass is 520 g/mol. The molecule has 3 atom stereocenters. The maximum Gasteiger partial charge on any atom is 0.192 e. The topological polar surface area (TPSA) is 18.5 Å². The Bertz CT molecular complexity index is 779. The van der Waals surface area contributed by atoms with Crippen LogP contribution in [0, 0.1) is 7.14 Å². The van der Waals surface area contributed by atoms with Crippen molar-refractivity contribution in [3.8, 4) is 5.75 Å². The molecule has 5 heteroatoms. The molecule has 0 aliphatic carbocycles. The van der Waals surface area contributed by atoms with Crippen LogP contribution in [0.2, 0.25) is 0 Å². The van der Waals surface area contributed by atoms with E-state index in [2.05, 4.69) is 81.6 Å². The lowest BCUT2D eigenvalue weighted by molar-refractivity contribution is 0.0275. The van der Waals surface area contributed by atoms with Gasteiger partial charge in [-0.25, -0.2) is 0 Å². The van der Waals surface area contributed by atoms with Crippen molar-refractivity contribution in [3.05, 3.63) is 54.7 Å². The van der Waals surface area contributed by atoms with Crippen molar-refractivity contribution >= 4 is 56.9 Å². The van der Waals surface area contributed by atoms with Crippen LogP contribution in [0.5, 0.6) is 5.75 Å². The summed E-state index contributed by atoms with van der Waals surface area (Å²) >= 11 is 6.58. The van der Waals surface area contributed by atoms with Crippen LogP contribution in [-0.2, 0) is 4.74 Å². The van der Waals surface area contributed by atoms with Gasteiger partial charge in [0.2, 0.25) is 0 Å². The van der Waals surface area contributed by atoms with E-state index >= 15 is 0 Å². The van der Waals surface area contributed by atoms with Gasteiger partial charge in [0.1, 0.15) is 11.9 Å². The third kappa shape index (κ3) is 1.80. The predicted octanol–water partition coefficient (Wildman–Crippen LogP) is 5.29. The smallest absolute Gasteiger partial charge is 0.192 e. The van der Waals surface area contributed by atoms with Crippen molar-refractivity contribution in [2.45, 2.75) is 28.5 Å². The number of thioether (sulfide) groups is 1. The zero-order valence-corrected chi connectivity index (χ0v) is 15.9. The molecular formula is C16H10I2O2S. The van der Waals surface area contributed by atoms with Crippen molar-refractivity contribution in [3.63, 3.8) is 0 Å². The highest BCUT2D eigenvalue weighted by atomic mass is 127. The summed E-state index contributed by atoms with van der Waals surface area (Å²) in [5.74, 6) is 1.04. The first-order valence-corrected chi connectivity index (χ1v) is 9.75. The Balaban J connectivity index is 1.61. The van der Waals surface area contributed by atoms with E-state index in [-0.39, 0.29) is 17.1 Å². The largest absolute Gasteiger partial charge is 0.471 e. The molecule has 21 heavy (non-hydrogen) atoms. The van der Waals surface area contributed by atoms with E-state index < -0.39 is 0 Å². The van der Waals surface area contributed by atoms with E-state index in [4.69, 9.17) is 9.47 Å². The Labute approximate surface area is 154 Å². The molecule has 3 unspecified atom stereocenters. The van der Waals surface area contributed by atoms with Crippen LogP contribution in [0.3, 0.4) is 0 Å². The molecule has 2 bridgehead atoms. The number of halogens is 2. The van der Waals surface area contributed by atoms with E-state index in [9.17, 15) is 0 Å². The van der Waals surface area contributed by atoms with Gasteiger partial charge >= 0.3 is 0 Å². The van der Waals surface area contributed by atoms with E-state index in [0.29, 0.717) is 0 Å². The van der Waals surface area contributed by atoms with E-state index in [1.54, 1.807) is 0 Å². The second-order valence-corrected chi connectivity index (χ2v) is 9.31. The molecule has 2 nitrogen and oxygen atoms in total. The fourth-order valence-electron chi connectivity index (χ4n) is 3.50. The molecule has 3 heterocycles. The third-order valence-electron chi connectivity index (χ3n) is 4.33. The molecule has 2 aromatic carbocycles. The van der Waals surface area contributed by atoms with Crippen molar-refractivity contribution in [2.75, 3.05) is 0 Å². The second-order valence-electron chi connectivity index (χ2n) is 5.57. The van der Waals surface area contributed by atoms with Gasteiger partial charge in [-0.05, 0) is 68.4 Å². The van der Waals surface area contributed by atoms with E-state index in [1.165, 1.54) is 23.2 Å². The summed E-state index contributed by atoms with van der Waals surface area (Å²) in [6.07, 6.45) is 1.16. The van der Waals surface area contributed by atoms with Gasteiger partial charge in [0.25, 0.3) is 0 Å². The van der Waals surface area contributed by atoms with Crippen LogP contribution in [0.25, 0.3) is 0 Å². The van der Waals surface area contributed by atoms with Crippen LogP contribution >= 0.6 is 56.9 Å². The SMILES string of the molecule is Ic1cc(I)c2c(c1)SC1(CC3OC1c1ccccc13)O2. The first kappa shape index (κ1) is 13.4. The molecular weight excluding hydrogens is 510 g/mol. The molecule has 3 aliphatic heterocycles. The molecule has 0 aromatic heterocycles. The summed E-state index contributed by atoms with van der Waals surface area (Å²) in [7, 11) is 0. The number of rotatable bonds is 0. The first-order valence-electron chi connectivity index (χ1n) is 6.78. The van der Waals surface area contributed by atoms with E-state index in [0.717, 1.165) is 12.2 Å². The summed E-state index contributed by atoms with van der Waals surface area (Å²) in [4.78, 5) is 0.978. The lowest BCUT2D eigenvalue weighted by atomic mass is 9.89. The Kier molecular flexibility index (Phi) is 2.89. The molecule has 1 spiro atoms. The van der Waals surface area contributed by atoms with Crippen LogP contribution in [0.1, 0.15) is 29.8 Å². The van der Waals surface area contributed by atoms with Crippen LogP contribution in [0.4, 0.5) is 0 Å². The number of fused-ring (bicyclic) bond motifs is 7. The zero-order valence-electron chi connectivity index (χ0n) is 10.8. The molecule has 1 saturated heterocycles. The maximum atomic E-state index is 6.46. The minimum atomic E-state index is -0.272. The highest BCUT2D eigenvalue weighted by Gasteiger charge is 2.60. The molecule has 5 rings (SSSR count). The Hall–Kier alpha value is 0.01000. The molecule has 2 aromatic rings. The highest BCUT2D eigenvalue weighted by molar-refractivity contribution is 14.1. The lowest BCUT2D eigenvalue weighted by Gasteiger charge is -2.30. The molecule has 1 fully saturated rings. The van der Waals surface area contributed by atoms with Crippen LogP contribution in [-0.4, -0.2) is 4.93 Å². The first-order chi connectivity index (χ1) is 10.2. The lowest BCUT2D eigenvalue weighted by Crippen LogP contribution is -2.34. The van der Waals surface area contributed by atoms with Gasteiger partial charge in [0, 0.05) is 9.99 Å². The Morgan fingerprint density at radius 3 is 2.81 bits per heavy atom. The fourth-order valence-corrected chi connectivity index (χ4v) is 7.30. The second kappa shape index (κ2) is 4.52. The van der Waals surface area contributed by atoms with Gasteiger partial charge in [-0.1, -0.05) is 36.0 Å².